The van der Waals surface area contributed by atoms with Crippen molar-refractivity contribution < 1.29 is 9.47 Å². The Balaban J connectivity index is 2.24. The van der Waals surface area contributed by atoms with Gasteiger partial charge < -0.3 is 15.2 Å². The van der Waals surface area contributed by atoms with Crippen LogP contribution in [0.4, 0.5) is 0 Å². The lowest BCUT2D eigenvalue weighted by Crippen LogP contribution is -2.10. The maximum Gasteiger partial charge on any atom is 0.0701 e. The molecular formula is C11H21N3O2. The van der Waals surface area contributed by atoms with Gasteiger partial charge in [0.1, 0.15) is 0 Å². The van der Waals surface area contributed by atoms with Gasteiger partial charge in [0.05, 0.1) is 32.6 Å². The molecule has 5 heteroatoms. The Morgan fingerprint density at radius 3 is 2.94 bits per heavy atom. The third kappa shape index (κ3) is 4.30. The topological polar surface area (TPSA) is 62.3 Å². The molecule has 1 atom stereocenters. The molecule has 1 aromatic rings. The van der Waals surface area contributed by atoms with Gasteiger partial charge in [-0.15, -0.1) is 0 Å². The van der Waals surface area contributed by atoms with Gasteiger partial charge in [0.25, 0.3) is 0 Å². The predicted molar refractivity (Wildman–Crippen MR) is 62.1 cm³/mol. The molecule has 0 aromatic carbocycles. The van der Waals surface area contributed by atoms with Crippen LogP contribution in [-0.4, -0.2) is 36.7 Å². The molecule has 5 nitrogen and oxygen atoms in total. The quantitative estimate of drug-likeness (QED) is 0.672. The maximum absolute atomic E-state index is 5.90. The summed E-state index contributed by atoms with van der Waals surface area (Å²) >= 11 is 0. The van der Waals surface area contributed by atoms with E-state index in [1.54, 1.807) is 7.11 Å². The number of ether oxygens (including phenoxy) is 2. The number of hydrogen-bond donors (Lipinski definition) is 1. The van der Waals surface area contributed by atoms with Crippen LogP contribution in [0.2, 0.25) is 0 Å². The Kier molecular flexibility index (Phi) is 6.07. The van der Waals surface area contributed by atoms with E-state index in [2.05, 4.69) is 12.0 Å². The standard InChI is InChI=1S/C11H21N3O2/c1-3-11(12)10-8-13-14(9-10)4-5-16-7-6-15-2/h8-9,11H,3-7,12H2,1-2H3. The second-order valence-corrected chi connectivity index (χ2v) is 3.66. The van der Waals surface area contributed by atoms with Gasteiger partial charge in [0, 0.05) is 24.9 Å². The van der Waals surface area contributed by atoms with Gasteiger partial charge in [-0.2, -0.15) is 5.10 Å². The highest BCUT2D eigenvalue weighted by Crippen LogP contribution is 2.11. The van der Waals surface area contributed by atoms with Gasteiger partial charge in [-0.3, -0.25) is 4.68 Å². The molecule has 1 unspecified atom stereocenters. The predicted octanol–water partition coefficient (Wildman–Crippen LogP) is 0.956. The average Bonchev–Trinajstić information content (AvgIpc) is 2.76. The van der Waals surface area contributed by atoms with Gasteiger partial charge >= 0.3 is 0 Å². The number of nitrogens with zero attached hydrogens (tertiary/aromatic N) is 2. The van der Waals surface area contributed by atoms with Crippen LogP contribution in [0.1, 0.15) is 24.9 Å². The zero-order valence-electron chi connectivity index (χ0n) is 10.1. The van der Waals surface area contributed by atoms with Crippen LogP contribution in [0.5, 0.6) is 0 Å². The maximum atomic E-state index is 5.90. The summed E-state index contributed by atoms with van der Waals surface area (Å²) < 4.78 is 12.1. The SMILES string of the molecule is CCC(N)c1cnn(CCOCCOC)c1. The van der Waals surface area contributed by atoms with E-state index in [1.807, 2.05) is 17.1 Å². The van der Waals surface area contributed by atoms with Crippen molar-refractivity contribution in [1.29, 1.82) is 0 Å². The third-order valence-electron chi connectivity index (χ3n) is 2.42. The van der Waals surface area contributed by atoms with Crippen molar-refractivity contribution in [2.45, 2.75) is 25.9 Å². The molecule has 92 valence electrons. The molecule has 0 aliphatic carbocycles. The smallest absolute Gasteiger partial charge is 0.0701 e. The molecule has 16 heavy (non-hydrogen) atoms. The lowest BCUT2D eigenvalue weighted by Gasteiger charge is -2.05. The second kappa shape index (κ2) is 7.38. The van der Waals surface area contributed by atoms with E-state index in [-0.39, 0.29) is 6.04 Å². The Hall–Kier alpha value is -0.910. The summed E-state index contributed by atoms with van der Waals surface area (Å²) in [5.41, 5.74) is 6.98. The molecule has 1 aromatic heterocycles. The van der Waals surface area contributed by atoms with Crippen LogP contribution in [0, 0.1) is 0 Å². The van der Waals surface area contributed by atoms with Crippen LogP contribution in [0.25, 0.3) is 0 Å². The van der Waals surface area contributed by atoms with Crippen molar-refractivity contribution in [1.82, 2.24) is 9.78 Å². The molecule has 0 saturated heterocycles. The summed E-state index contributed by atoms with van der Waals surface area (Å²) in [4.78, 5) is 0. The van der Waals surface area contributed by atoms with Crippen molar-refractivity contribution in [2.24, 2.45) is 5.73 Å². The Bertz CT molecular complexity index is 289. The minimum absolute atomic E-state index is 0.0863. The van der Waals surface area contributed by atoms with E-state index in [1.165, 1.54) is 0 Å². The molecular weight excluding hydrogens is 206 g/mol. The zero-order valence-corrected chi connectivity index (χ0v) is 10.1. The highest BCUT2D eigenvalue weighted by Gasteiger charge is 2.05. The summed E-state index contributed by atoms with van der Waals surface area (Å²) in [5.74, 6) is 0. The summed E-state index contributed by atoms with van der Waals surface area (Å²) in [6.45, 7) is 4.71. The van der Waals surface area contributed by atoms with E-state index in [9.17, 15) is 0 Å². The Morgan fingerprint density at radius 1 is 1.44 bits per heavy atom. The molecule has 0 aliphatic heterocycles. The van der Waals surface area contributed by atoms with Crippen molar-refractivity contribution >= 4 is 0 Å². The fraction of sp³-hybridized carbons (Fsp3) is 0.727. The largest absolute Gasteiger partial charge is 0.382 e. The summed E-state index contributed by atoms with van der Waals surface area (Å²) in [5, 5.41) is 4.23. The molecule has 0 radical (unpaired) electrons. The average molecular weight is 227 g/mol. The minimum Gasteiger partial charge on any atom is -0.382 e. The van der Waals surface area contributed by atoms with E-state index >= 15 is 0 Å². The lowest BCUT2D eigenvalue weighted by molar-refractivity contribution is 0.0654. The van der Waals surface area contributed by atoms with Crippen LogP contribution >= 0.6 is 0 Å². The van der Waals surface area contributed by atoms with Crippen molar-refractivity contribution in [3.05, 3.63) is 18.0 Å². The number of methoxy groups -OCH3 is 1. The zero-order chi connectivity index (χ0) is 11.8. The fourth-order valence-electron chi connectivity index (χ4n) is 1.33. The first-order valence-corrected chi connectivity index (χ1v) is 5.62. The van der Waals surface area contributed by atoms with Gasteiger partial charge in [0.2, 0.25) is 0 Å². The summed E-state index contributed by atoms with van der Waals surface area (Å²) in [7, 11) is 1.66. The molecule has 1 heterocycles. The normalized spacial score (nSPS) is 12.9. The second-order valence-electron chi connectivity index (χ2n) is 3.66. The fourth-order valence-corrected chi connectivity index (χ4v) is 1.33. The summed E-state index contributed by atoms with van der Waals surface area (Å²) in [6.07, 6.45) is 4.73. The Labute approximate surface area is 96.5 Å². The molecule has 0 spiro atoms. The van der Waals surface area contributed by atoms with Crippen LogP contribution in [0.15, 0.2) is 12.4 Å². The van der Waals surface area contributed by atoms with Crippen molar-refractivity contribution in [2.75, 3.05) is 26.9 Å². The molecule has 2 N–H and O–H groups in total. The van der Waals surface area contributed by atoms with Crippen LogP contribution in [0.3, 0.4) is 0 Å². The third-order valence-corrected chi connectivity index (χ3v) is 2.42. The minimum atomic E-state index is 0.0863. The number of hydrogen-bond acceptors (Lipinski definition) is 4. The number of rotatable bonds is 8. The monoisotopic (exact) mass is 227 g/mol. The van der Waals surface area contributed by atoms with Gasteiger partial charge in [-0.05, 0) is 6.42 Å². The van der Waals surface area contributed by atoms with Crippen molar-refractivity contribution in [3.8, 4) is 0 Å². The molecule has 0 fully saturated rings. The molecule has 0 saturated carbocycles. The van der Waals surface area contributed by atoms with E-state index in [4.69, 9.17) is 15.2 Å². The highest BCUT2D eigenvalue weighted by molar-refractivity contribution is 5.09. The van der Waals surface area contributed by atoms with Crippen LogP contribution < -0.4 is 5.73 Å². The van der Waals surface area contributed by atoms with E-state index in [0.717, 1.165) is 18.5 Å². The first kappa shape index (κ1) is 13.2. The van der Waals surface area contributed by atoms with E-state index in [0.29, 0.717) is 19.8 Å². The van der Waals surface area contributed by atoms with Gasteiger partial charge in [-0.25, -0.2) is 0 Å². The van der Waals surface area contributed by atoms with Gasteiger partial charge in [0.15, 0.2) is 0 Å². The molecule has 0 bridgehead atoms. The van der Waals surface area contributed by atoms with Crippen molar-refractivity contribution in [3.63, 3.8) is 0 Å². The number of aromatic nitrogens is 2. The summed E-state index contributed by atoms with van der Waals surface area (Å²) in [6, 6.07) is 0.0863. The molecule has 0 aliphatic rings. The van der Waals surface area contributed by atoms with Gasteiger partial charge in [-0.1, -0.05) is 6.92 Å². The first-order chi connectivity index (χ1) is 7.77. The Morgan fingerprint density at radius 2 is 2.25 bits per heavy atom. The van der Waals surface area contributed by atoms with Crippen LogP contribution in [-0.2, 0) is 16.0 Å². The molecule has 1 rings (SSSR count). The first-order valence-electron chi connectivity index (χ1n) is 5.62. The highest BCUT2D eigenvalue weighted by atomic mass is 16.5. The number of nitrogens with two attached hydrogens (primary N) is 1. The lowest BCUT2D eigenvalue weighted by atomic mass is 10.1. The molecule has 0 amide bonds. The van der Waals surface area contributed by atoms with E-state index < -0.39 is 0 Å².